The van der Waals surface area contributed by atoms with Gasteiger partial charge in [-0.15, -0.1) is 0 Å². The van der Waals surface area contributed by atoms with Crippen molar-refractivity contribution in [2.45, 2.75) is 26.7 Å². The van der Waals surface area contributed by atoms with Crippen molar-refractivity contribution < 1.29 is 14.3 Å². The first kappa shape index (κ1) is 21.8. The minimum absolute atomic E-state index is 0.0159. The van der Waals surface area contributed by atoms with Gasteiger partial charge < -0.3 is 15.0 Å². The molecule has 3 rings (SSSR count). The third kappa shape index (κ3) is 6.07. The number of rotatable bonds is 8. The molecule has 30 heavy (non-hydrogen) atoms. The van der Waals surface area contributed by atoms with Gasteiger partial charge in [-0.05, 0) is 42.2 Å². The largest absolute Gasteiger partial charge is 0.484 e. The molecule has 0 spiro atoms. The second-order valence-corrected chi connectivity index (χ2v) is 7.51. The van der Waals surface area contributed by atoms with Crippen molar-refractivity contribution in [3.8, 4) is 5.75 Å². The van der Waals surface area contributed by atoms with Gasteiger partial charge in [-0.2, -0.15) is 0 Å². The van der Waals surface area contributed by atoms with Crippen LogP contribution in [0.4, 0.5) is 5.69 Å². The molecule has 2 amide bonds. The third-order valence-electron chi connectivity index (χ3n) is 5.43. The summed E-state index contributed by atoms with van der Waals surface area (Å²) in [5.41, 5.74) is 3.20. The van der Waals surface area contributed by atoms with Gasteiger partial charge in [-0.25, -0.2) is 0 Å². The fourth-order valence-electron chi connectivity index (χ4n) is 3.59. The third-order valence-corrected chi connectivity index (χ3v) is 5.43. The fourth-order valence-corrected chi connectivity index (χ4v) is 3.59. The highest BCUT2D eigenvalue weighted by atomic mass is 16.5. The number of carbonyl (C=O) groups is 2. The molecular formula is C24H31N3O3. The normalized spacial score (nSPS) is 14.4. The summed E-state index contributed by atoms with van der Waals surface area (Å²) in [5, 5.41) is 3.01. The summed E-state index contributed by atoms with van der Waals surface area (Å²) in [7, 11) is 0. The number of hydrogen-bond acceptors (Lipinski definition) is 4. The van der Waals surface area contributed by atoms with Crippen molar-refractivity contribution in [1.82, 2.24) is 9.80 Å². The predicted molar refractivity (Wildman–Crippen MR) is 119 cm³/mol. The Morgan fingerprint density at radius 3 is 2.47 bits per heavy atom. The van der Waals surface area contributed by atoms with E-state index in [9.17, 15) is 9.59 Å². The van der Waals surface area contributed by atoms with Gasteiger partial charge in [0.15, 0.2) is 6.61 Å². The molecule has 0 unspecified atom stereocenters. The Morgan fingerprint density at radius 1 is 0.967 bits per heavy atom. The van der Waals surface area contributed by atoms with Crippen LogP contribution in [0.5, 0.6) is 5.75 Å². The molecule has 1 N–H and O–H groups in total. The highest BCUT2D eigenvalue weighted by molar-refractivity contribution is 5.93. The number of carbonyl (C=O) groups excluding carboxylic acids is 2. The Labute approximate surface area is 178 Å². The van der Waals surface area contributed by atoms with Crippen molar-refractivity contribution in [2.24, 2.45) is 0 Å². The fraction of sp³-hybridized carbons (Fsp3) is 0.417. The van der Waals surface area contributed by atoms with Crippen molar-refractivity contribution >= 4 is 17.5 Å². The zero-order chi connectivity index (χ0) is 21.3. The Kier molecular flexibility index (Phi) is 7.85. The SMILES string of the molecule is CCc1cccc(OCC(=O)N2CCN(CC(=O)Nc3ccccc3CC)CC2)c1. The van der Waals surface area contributed by atoms with Gasteiger partial charge in [0.1, 0.15) is 5.75 Å². The van der Waals surface area contributed by atoms with E-state index in [0.29, 0.717) is 32.7 Å². The molecular weight excluding hydrogens is 378 g/mol. The summed E-state index contributed by atoms with van der Waals surface area (Å²) in [6.45, 7) is 7.12. The maximum atomic E-state index is 12.5. The van der Waals surface area contributed by atoms with Gasteiger partial charge in [0, 0.05) is 31.9 Å². The molecule has 0 aliphatic carbocycles. The molecule has 0 aromatic heterocycles. The van der Waals surface area contributed by atoms with Crippen molar-refractivity contribution in [3.05, 3.63) is 59.7 Å². The van der Waals surface area contributed by atoms with Crippen LogP contribution >= 0.6 is 0 Å². The number of hydrogen-bond donors (Lipinski definition) is 1. The summed E-state index contributed by atoms with van der Waals surface area (Å²) >= 11 is 0. The molecule has 160 valence electrons. The minimum atomic E-state index is -0.0187. The van der Waals surface area contributed by atoms with E-state index in [1.54, 1.807) is 0 Å². The highest BCUT2D eigenvalue weighted by Crippen LogP contribution is 2.16. The topological polar surface area (TPSA) is 61.9 Å². The molecule has 1 saturated heterocycles. The van der Waals surface area contributed by atoms with Gasteiger partial charge in [-0.3, -0.25) is 14.5 Å². The summed E-state index contributed by atoms with van der Waals surface area (Å²) < 4.78 is 5.67. The maximum absolute atomic E-state index is 12.5. The van der Waals surface area contributed by atoms with E-state index in [-0.39, 0.29) is 18.4 Å². The van der Waals surface area contributed by atoms with Gasteiger partial charge in [0.05, 0.1) is 6.54 Å². The number of aryl methyl sites for hydroxylation is 2. The van der Waals surface area contributed by atoms with Gasteiger partial charge in [0.25, 0.3) is 5.91 Å². The lowest BCUT2D eigenvalue weighted by molar-refractivity contribution is -0.135. The molecule has 6 heteroatoms. The van der Waals surface area contributed by atoms with Crippen LogP contribution in [-0.2, 0) is 22.4 Å². The van der Waals surface area contributed by atoms with Crippen LogP contribution in [-0.4, -0.2) is 60.9 Å². The van der Waals surface area contributed by atoms with Crippen LogP contribution in [0, 0.1) is 0 Å². The second-order valence-electron chi connectivity index (χ2n) is 7.51. The summed E-state index contributed by atoms with van der Waals surface area (Å²) in [6, 6.07) is 15.7. The molecule has 0 radical (unpaired) electrons. The Balaban J connectivity index is 1.41. The predicted octanol–water partition coefficient (Wildman–Crippen LogP) is 2.97. The molecule has 1 heterocycles. The van der Waals surface area contributed by atoms with Crippen LogP contribution in [0.3, 0.4) is 0 Å². The highest BCUT2D eigenvalue weighted by Gasteiger charge is 2.23. The van der Waals surface area contributed by atoms with Crippen molar-refractivity contribution in [2.75, 3.05) is 44.6 Å². The van der Waals surface area contributed by atoms with Gasteiger partial charge in [0.2, 0.25) is 5.91 Å². The average Bonchev–Trinajstić information content (AvgIpc) is 2.78. The number of para-hydroxylation sites is 1. The maximum Gasteiger partial charge on any atom is 0.260 e. The van der Waals surface area contributed by atoms with Crippen LogP contribution in [0.15, 0.2) is 48.5 Å². The van der Waals surface area contributed by atoms with Crippen LogP contribution < -0.4 is 10.1 Å². The molecule has 2 aromatic carbocycles. The first-order valence-electron chi connectivity index (χ1n) is 10.7. The average molecular weight is 410 g/mol. The number of nitrogens with zero attached hydrogens (tertiary/aromatic N) is 2. The second kappa shape index (κ2) is 10.8. The first-order valence-corrected chi connectivity index (χ1v) is 10.7. The molecule has 1 fully saturated rings. The van der Waals surface area contributed by atoms with E-state index in [1.807, 2.05) is 53.4 Å². The lowest BCUT2D eigenvalue weighted by Crippen LogP contribution is -2.51. The number of ether oxygens (including phenoxy) is 1. The van der Waals surface area contributed by atoms with Gasteiger partial charge in [-0.1, -0.05) is 44.2 Å². The lowest BCUT2D eigenvalue weighted by Gasteiger charge is -2.34. The quantitative estimate of drug-likeness (QED) is 0.728. The first-order chi connectivity index (χ1) is 14.6. The summed E-state index contributed by atoms with van der Waals surface area (Å²) in [5.74, 6) is 0.693. The van der Waals surface area contributed by atoms with Crippen LogP contribution in [0.2, 0.25) is 0 Å². The van der Waals surface area contributed by atoms with Crippen molar-refractivity contribution in [1.29, 1.82) is 0 Å². The summed E-state index contributed by atoms with van der Waals surface area (Å²) in [4.78, 5) is 28.8. The van der Waals surface area contributed by atoms with Crippen molar-refractivity contribution in [3.63, 3.8) is 0 Å². The van der Waals surface area contributed by atoms with Gasteiger partial charge >= 0.3 is 0 Å². The monoisotopic (exact) mass is 409 g/mol. The zero-order valence-corrected chi connectivity index (χ0v) is 17.9. The number of anilines is 1. The smallest absolute Gasteiger partial charge is 0.260 e. The standard InChI is InChI=1S/C24H31N3O3/c1-3-19-8-7-10-21(16-19)30-18-24(29)27-14-12-26(13-15-27)17-23(28)25-22-11-6-5-9-20(22)4-2/h5-11,16H,3-4,12-15,17-18H2,1-2H3,(H,25,28). The van der Waals surface area contributed by atoms with E-state index in [0.717, 1.165) is 29.8 Å². The Bertz CT molecular complexity index is 860. The molecule has 0 atom stereocenters. The molecule has 0 saturated carbocycles. The number of benzene rings is 2. The zero-order valence-electron chi connectivity index (χ0n) is 17.9. The van der Waals surface area contributed by atoms with Crippen LogP contribution in [0.25, 0.3) is 0 Å². The molecule has 6 nitrogen and oxygen atoms in total. The Hall–Kier alpha value is -2.86. The number of amides is 2. The van der Waals surface area contributed by atoms with E-state index in [1.165, 1.54) is 5.56 Å². The lowest BCUT2D eigenvalue weighted by atomic mass is 10.1. The van der Waals surface area contributed by atoms with E-state index < -0.39 is 0 Å². The number of nitrogens with one attached hydrogen (secondary N) is 1. The molecule has 2 aromatic rings. The minimum Gasteiger partial charge on any atom is -0.484 e. The van der Waals surface area contributed by atoms with Crippen LogP contribution in [0.1, 0.15) is 25.0 Å². The number of piperazine rings is 1. The van der Waals surface area contributed by atoms with E-state index in [2.05, 4.69) is 24.1 Å². The molecule has 1 aliphatic rings. The van der Waals surface area contributed by atoms with E-state index in [4.69, 9.17) is 4.74 Å². The molecule has 1 aliphatic heterocycles. The Morgan fingerprint density at radius 2 is 1.73 bits per heavy atom. The molecule has 0 bridgehead atoms. The summed E-state index contributed by atoms with van der Waals surface area (Å²) in [6.07, 6.45) is 1.81. The van der Waals surface area contributed by atoms with E-state index >= 15 is 0 Å².